The molecule has 0 N–H and O–H groups in total. The number of rotatable bonds is 5. The third-order valence-electron chi connectivity index (χ3n) is 4.84. The lowest BCUT2D eigenvalue weighted by Crippen LogP contribution is -2.42. The van der Waals surface area contributed by atoms with Gasteiger partial charge in [0, 0.05) is 39.0 Å². The Morgan fingerprint density at radius 3 is 3.00 bits per heavy atom. The molecule has 3 rings (SSSR count). The topological polar surface area (TPSA) is 67.8 Å². The fourth-order valence-electron chi connectivity index (χ4n) is 3.35. The van der Waals surface area contributed by atoms with Crippen LogP contribution in [0.25, 0.3) is 0 Å². The minimum absolute atomic E-state index is 0.0665. The molecule has 2 atom stereocenters. The number of hydrogen-bond acceptors (Lipinski definition) is 6. The van der Waals surface area contributed by atoms with E-state index in [0.717, 1.165) is 51.3 Å². The second-order valence-corrected chi connectivity index (χ2v) is 6.71. The quantitative estimate of drug-likeness (QED) is 0.803. The van der Waals surface area contributed by atoms with E-state index in [2.05, 4.69) is 15.1 Å². The summed E-state index contributed by atoms with van der Waals surface area (Å²) in [5.74, 6) is 0.937. The maximum atomic E-state index is 12.7. The van der Waals surface area contributed by atoms with Crippen LogP contribution in [-0.2, 0) is 14.3 Å². The van der Waals surface area contributed by atoms with E-state index in [1.807, 2.05) is 24.0 Å². The summed E-state index contributed by atoms with van der Waals surface area (Å²) >= 11 is 0. The summed E-state index contributed by atoms with van der Waals surface area (Å²) in [6.07, 6.45) is 5.64. The average molecular weight is 348 g/mol. The van der Waals surface area contributed by atoms with Crippen molar-refractivity contribution in [3.05, 3.63) is 18.3 Å². The second-order valence-electron chi connectivity index (χ2n) is 6.71. The Labute approximate surface area is 149 Å². The van der Waals surface area contributed by atoms with Gasteiger partial charge in [0.2, 0.25) is 0 Å². The van der Waals surface area contributed by atoms with E-state index < -0.39 is 6.10 Å². The predicted molar refractivity (Wildman–Crippen MR) is 94.4 cm³/mol. The van der Waals surface area contributed by atoms with Gasteiger partial charge in [-0.05, 0) is 44.7 Å². The third-order valence-corrected chi connectivity index (χ3v) is 4.84. The Morgan fingerprint density at radius 2 is 2.24 bits per heavy atom. The highest BCUT2D eigenvalue weighted by atomic mass is 16.5. The van der Waals surface area contributed by atoms with Gasteiger partial charge >= 0.3 is 0 Å². The van der Waals surface area contributed by atoms with E-state index in [1.54, 1.807) is 6.20 Å². The number of aromatic nitrogens is 2. The fourth-order valence-corrected chi connectivity index (χ4v) is 3.35. The van der Waals surface area contributed by atoms with E-state index in [1.165, 1.54) is 6.42 Å². The first kappa shape index (κ1) is 18.1. The van der Waals surface area contributed by atoms with E-state index in [0.29, 0.717) is 13.2 Å². The number of carbonyl (C=O) groups excluding carboxylic acids is 1. The Hall–Kier alpha value is -1.73. The van der Waals surface area contributed by atoms with Crippen LogP contribution in [0.1, 0.15) is 32.6 Å². The fraction of sp³-hybridized carbons (Fsp3) is 0.722. The van der Waals surface area contributed by atoms with Crippen LogP contribution in [0, 0.1) is 0 Å². The third kappa shape index (κ3) is 5.12. The lowest BCUT2D eigenvalue weighted by atomic mass is 10.1. The molecule has 2 fully saturated rings. The minimum Gasteiger partial charge on any atom is -0.376 e. The number of ether oxygens (including phenoxy) is 2. The molecule has 7 heteroatoms. The van der Waals surface area contributed by atoms with Crippen LogP contribution in [0.2, 0.25) is 0 Å². The number of amides is 1. The SMILES string of the molecule is CC(OCC1CCCCO1)C(=O)N1CCCN(c2cccnn2)CC1. The molecule has 0 aromatic carbocycles. The first-order chi connectivity index (χ1) is 12.2. The van der Waals surface area contributed by atoms with Crippen molar-refractivity contribution in [1.82, 2.24) is 15.1 Å². The van der Waals surface area contributed by atoms with Gasteiger partial charge in [0.05, 0.1) is 12.7 Å². The van der Waals surface area contributed by atoms with Crippen LogP contribution >= 0.6 is 0 Å². The van der Waals surface area contributed by atoms with Crippen LogP contribution in [0.5, 0.6) is 0 Å². The zero-order valence-corrected chi connectivity index (χ0v) is 15.0. The summed E-state index contributed by atoms with van der Waals surface area (Å²) in [5, 5.41) is 8.10. The molecule has 0 aliphatic carbocycles. The zero-order chi connectivity index (χ0) is 17.5. The van der Waals surface area contributed by atoms with Gasteiger partial charge in [0.1, 0.15) is 6.10 Å². The highest BCUT2D eigenvalue weighted by Crippen LogP contribution is 2.15. The molecule has 1 aromatic rings. The van der Waals surface area contributed by atoms with Crippen molar-refractivity contribution in [2.45, 2.75) is 44.8 Å². The molecule has 0 saturated carbocycles. The van der Waals surface area contributed by atoms with Gasteiger partial charge in [-0.3, -0.25) is 4.79 Å². The minimum atomic E-state index is -0.423. The predicted octanol–water partition coefficient (Wildman–Crippen LogP) is 1.49. The Morgan fingerprint density at radius 1 is 1.32 bits per heavy atom. The standard InChI is InChI=1S/C18H28N4O3/c1-15(25-14-16-6-2-3-13-24-16)18(23)22-10-5-9-21(11-12-22)17-7-4-8-19-20-17/h4,7-8,15-16H,2-3,5-6,9-14H2,1H3. The summed E-state index contributed by atoms with van der Waals surface area (Å²) < 4.78 is 11.5. The first-order valence-electron chi connectivity index (χ1n) is 9.28. The first-order valence-corrected chi connectivity index (χ1v) is 9.28. The molecule has 2 aliphatic heterocycles. The van der Waals surface area contributed by atoms with Crippen molar-refractivity contribution < 1.29 is 14.3 Å². The lowest BCUT2D eigenvalue weighted by molar-refractivity contribution is -0.145. The van der Waals surface area contributed by atoms with E-state index in [9.17, 15) is 4.79 Å². The van der Waals surface area contributed by atoms with Gasteiger partial charge in [-0.25, -0.2) is 0 Å². The van der Waals surface area contributed by atoms with Crippen molar-refractivity contribution in [3.63, 3.8) is 0 Å². The molecule has 2 saturated heterocycles. The van der Waals surface area contributed by atoms with Gasteiger partial charge in [-0.15, -0.1) is 5.10 Å². The molecular weight excluding hydrogens is 320 g/mol. The van der Waals surface area contributed by atoms with E-state index >= 15 is 0 Å². The monoisotopic (exact) mass is 348 g/mol. The second kappa shape index (κ2) is 9.10. The summed E-state index contributed by atoms with van der Waals surface area (Å²) in [6.45, 7) is 6.24. The maximum absolute atomic E-state index is 12.7. The van der Waals surface area contributed by atoms with Crippen LogP contribution in [0.4, 0.5) is 5.82 Å². The van der Waals surface area contributed by atoms with Crippen molar-refractivity contribution in [3.8, 4) is 0 Å². The molecule has 3 heterocycles. The van der Waals surface area contributed by atoms with Crippen molar-refractivity contribution in [2.24, 2.45) is 0 Å². The highest BCUT2D eigenvalue weighted by molar-refractivity contribution is 5.80. The average Bonchev–Trinajstić information content (AvgIpc) is 2.93. The summed E-state index contributed by atoms with van der Waals surface area (Å²) in [5.41, 5.74) is 0. The normalized spacial score (nSPS) is 23.2. The largest absolute Gasteiger partial charge is 0.376 e. The molecule has 0 radical (unpaired) electrons. The summed E-state index contributed by atoms with van der Waals surface area (Å²) in [4.78, 5) is 16.8. The maximum Gasteiger partial charge on any atom is 0.251 e. The Bertz CT molecular complexity index is 536. The molecule has 138 valence electrons. The van der Waals surface area contributed by atoms with Crippen LogP contribution in [-0.4, -0.2) is 72.6 Å². The van der Waals surface area contributed by atoms with Gasteiger partial charge < -0.3 is 19.3 Å². The molecular formula is C18H28N4O3. The molecule has 2 aliphatic rings. The molecule has 1 amide bonds. The van der Waals surface area contributed by atoms with Crippen LogP contribution in [0.15, 0.2) is 18.3 Å². The molecule has 25 heavy (non-hydrogen) atoms. The number of carbonyl (C=O) groups is 1. The lowest BCUT2D eigenvalue weighted by Gasteiger charge is -2.27. The number of anilines is 1. The molecule has 0 spiro atoms. The van der Waals surface area contributed by atoms with E-state index in [-0.39, 0.29) is 12.0 Å². The molecule has 2 unspecified atom stereocenters. The van der Waals surface area contributed by atoms with Gasteiger partial charge in [-0.1, -0.05) is 0 Å². The van der Waals surface area contributed by atoms with Gasteiger partial charge in [-0.2, -0.15) is 5.10 Å². The summed E-state index contributed by atoms with van der Waals surface area (Å²) in [6, 6.07) is 3.85. The van der Waals surface area contributed by atoms with Crippen molar-refractivity contribution >= 4 is 11.7 Å². The molecule has 1 aromatic heterocycles. The van der Waals surface area contributed by atoms with Gasteiger partial charge in [0.15, 0.2) is 5.82 Å². The Kier molecular flexibility index (Phi) is 6.58. The van der Waals surface area contributed by atoms with Crippen LogP contribution in [0.3, 0.4) is 0 Å². The van der Waals surface area contributed by atoms with Crippen molar-refractivity contribution in [1.29, 1.82) is 0 Å². The van der Waals surface area contributed by atoms with E-state index in [4.69, 9.17) is 9.47 Å². The van der Waals surface area contributed by atoms with Crippen LogP contribution < -0.4 is 4.90 Å². The smallest absolute Gasteiger partial charge is 0.251 e. The number of hydrogen-bond donors (Lipinski definition) is 0. The molecule has 7 nitrogen and oxygen atoms in total. The number of nitrogens with zero attached hydrogens (tertiary/aromatic N) is 4. The molecule has 0 bridgehead atoms. The highest BCUT2D eigenvalue weighted by Gasteiger charge is 2.25. The zero-order valence-electron chi connectivity index (χ0n) is 15.0. The van der Waals surface area contributed by atoms with Crippen molar-refractivity contribution in [2.75, 3.05) is 44.3 Å². The summed E-state index contributed by atoms with van der Waals surface area (Å²) in [7, 11) is 0. The van der Waals surface area contributed by atoms with Gasteiger partial charge in [0.25, 0.3) is 5.91 Å². The Balaban J connectivity index is 1.46.